The van der Waals surface area contributed by atoms with Gasteiger partial charge in [-0.2, -0.15) is 0 Å². The van der Waals surface area contributed by atoms with Crippen LogP contribution < -0.4 is 0 Å². The predicted octanol–water partition coefficient (Wildman–Crippen LogP) is 5.91. The number of nitrogens with zero attached hydrogens (tertiary/aromatic N) is 7. The molecular weight excluding hydrogens is 662 g/mol. The summed E-state index contributed by atoms with van der Waals surface area (Å²) in [6.45, 7) is 15.7. The van der Waals surface area contributed by atoms with Gasteiger partial charge in [-0.05, 0) is 82.1 Å². The lowest BCUT2D eigenvalue weighted by Gasteiger charge is -2.18. The molecule has 2 aromatic heterocycles. The van der Waals surface area contributed by atoms with Crippen molar-refractivity contribution in [1.29, 1.82) is 0 Å². The van der Waals surface area contributed by atoms with Crippen LogP contribution in [-0.2, 0) is 34.4 Å². The van der Waals surface area contributed by atoms with Crippen molar-refractivity contribution in [2.45, 2.75) is 84.1 Å². The molecule has 2 atom stereocenters. The zero-order chi connectivity index (χ0) is 33.8. The maximum atomic E-state index is 12.0. The Kier molecular flexibility index (Phi) is 10.6. The predicted molar refractivity (Wildman–Crippen MR) is 181 cm³/mol. The number of halogens is 1. The second-order valence-corrected chi connectivity index (χ2v) is 14.9. The van der Waals surface area contributed by atoms with Crippen LogP contribution in [-0.4, -0.2) is 71.1 Å². The van der Waals surface area contributed by atoms with Crippen LogP contribution in [0.4, 0.5) is 0 Å². The lowest BCUT2D eigenvalue weighted by Crippen LogP contribution is -2.24. The molecule has 6 rings (SSSR count). The highest BCUT2D eigenvalue weighted by Crippen LogP contribution is 2.45. The van der Waals surface area contributed by atoms with Crippen LogP contribution >= 0.6 is 15.9 Å². The summed E-state index contributed by atoms with van der Waals surface area (Å²) in [5.41, 5.74) is 4.19. The fourth-order valence-corrected chi connectivity index (χ4v) is 5.71. The summed E-state index contributed by atoms with van der Waals surface area (Å²) >= 11 is 3.41. The van der Waals surface area contributed by atoms with Gasteiger partial charge in [0.05, 0.1) is 25.5 Å². The van der Waals surface area contributed by atoms with Gasteiger partial charge in [0.2, 0.25) is 0 Å². The fraction of sp³-hybridized carbons (Fsp3) is 0.486. The van der Waals surface area contributed by atoms with Gasteiger partial charge in [-0.3, -0.25) is 4.90 Å². The van der Waals surface area contributed by atoms with Crippen molar-refractivity contribution in [3.8, 4) is 0 Å². The third kappa shape index (κ3) is 10.6. The normalized spacial score (nSPS) is 17.4. The number of hydrogen-bond acceptors (Lipinski definition) is 9. The van der Waals surface area contributed by atoms with Crippen molar-refractivity contribution in [1.82, 2.24) is 34.9 Å². The number of piperidine rings is 1. The number of likely N-dealkylation sites (tertiary alicyclic amines) is 1. The van der Waals surface area contributed by atoms with E-state index in [1.165, 1.54) is 30.6 Å². The van der Waals surface area contributed by atoms with Crippen LogP contribution in [0.1, 0.15) is 91.2 Å². The molecule has 1 saturated carbocycles. The van der Waals surface area contributed by atoms with Gasteiger partial charge >= 0.3 is 11.9 Å². The van der Waals surface area contributed by atoms with E-state index in [0.29, 0.717) is 13.1 Å². The molecule has 0 spiro atoms. The van der Waals surface area contributed by atoms with E-state index in [1.54, 1.807) is 21.8 Å². The number of esters is 2. The average Bonchev–Trinajstić information content (AvgIpc) is 3.37. The Labute approximate surface area is 284 Å². The van der Waals surface area contributed by atoms with E-state index in [0.717, 1.165) is 34.8 Å². The quantitative estimate of drug-likeness (QED) is 0.155. The molecule has 1 saturated heterocycles. The number of rotatable bonds is 9. The molecule has 0 amide bonds. The Morgan fingerprint density at radius 3 is 1.45 bits per heavy atom. The molecular formula is C35H44BrN7O4. The molecule has 1 aliphatic carbocycles. The molecule has 0 N–H and O–H groups in total. The standard InChI is InChI=1S/C20H26N4O2.C15H18BrN3O2/c1-20(2,3)26-19(25)18-13-24(22-21-18)10-15-6-4-14(5-7-15)9-23-11-16-8-17(16)12-23;1-15(2,3)21-14(20)13-10-19(18-17-13)9-12-6-4-11(8-16)5-7-12/h4-7,13,16-17H,8-12H2,1-3H3;4-7,10H,8-9H2,1-3H3. The first-order valence-electron chi connectivity index (χ1n) is 15.9. The zero-order valence-electron chi connectivity index (χ0n) is 28.0. The second-order valence-electron chi connectivity index (χ2n) is 14.3. The zero-order valence-corrected chi connectivity index (χ0v) is 29.6. The number of fused-ring (bicyclic) bond motifs is 1. The van der Waals surface area contributed by atoms with Gasteiger partial charge in [-0.15, -0.1) is 10.2 Å². The van der Waals surface area contributed by atoms with Gasteiger partial charge in [0.15, 0.2) is 11.4 Å². The van der Waals surface area contributed by atoms with Crippen molar-refractivity contribution >= 4 is 27.9 Å². The van der Waals surface area contributed by atoms with Gasteiger partial charge in [0, 0.05) is 25.0 Å². The first-order valence-corrected chi connectivity index (χ1v) is 17.1. The maximum absolute atomic E-state index is 12.0. The minimum Gasteiger partial charge on any atom is -0.455 e. The van der Waals surface area contributed by atoms with E-state index >= 15 is 0 Å². The van der Waals surface area contributed by atoms with E-state index < -0.39 is 23.1 Å². The summed E-state index contributed by atoms with van der Waals surface area (Å²) in [6, 6.07) is 16.8. The topological polar surface area (TPSA) is 117 Å². The first kappa shape index (κ1) is 34.4. The summed E-state index contributed by atoms with van der Waals surface area (Å²) in [5, 5.41) is 16.6. The molecule has 2 aliphatic rings. The Morgan fingerprint density at radius 1 is 0.681 bits per heavy atom. The molecule has 2 unspecified atom stereocenters. The lowest BCUT2D eigenvalue weighted by molar-refractivity contribution is 0.00503. The van der Waals surface area contributed by atoms with Crippen LogP contribution in [0.15, 0.2) is 60.9 Å². The average molecular weight is 707 g/mol. The van der Waals surface area contributed by atoms with E-state index in [2.05, 4.69) is 77.9 Å². The van der Waals surface area contributed by atoms with Crippen LogP contribution in [0, 0.1) is 11.8 Å². The second kappa shape index (κ2) is 14.5. The Morgan fingerprint density at radius 2 is 1.06 bits per heavy atom. The van der Waals surface area contributed by atoms with Crippen LogP contribution in [0.5, 0.6) is 0 Å². The highest BCUT2D eigenvalue weighted by atomic mass is 79.9. The van der Waals surface area contributed by atoms with E-state index in [9.17, 15) is 9.59 Å². The van der Waals surface area contributed by atoms with Gasteiger partial charge < -0.3 is 9.47 Å². The Balaban J connectivity index is 0.000000189. The van der Waals surface area contributed by atoms with Crippen LogP contribution in [0.2, 0.25) is 0 Å². The molecule has 2 aromatic carbocycles. The van der Waals surface area contributed by atoms with Gasteiger partial charge in [-0.1, -0.05) is 74.9 Å². The molecule has 0 bridgehead atoms. The number of carbonyl (C=O) groups excluding carboxylic acids is 2. The molecule has 1 aliphatic heterocycles. The van der Waals surface area contributed by atoms with Crippen LogP contribution in [0.25, 0.3) is 0 Å². The SMILES string of the molecule is CC(C)(C)OC(=O)c1cn(Cc2ccc(CBr)cc2)nn1.CC(C)(C)OC(=O)c1cn(Cc2ccc(CN3CC4CC4C3)cc2)nn1. The van der Waals surface area contributed by atoms with Crippen molar-refractivity contribution in [3.63, 3.8) is 0 Å². The van der Waals surface area contributed by atoms with Gasteiger partial charge in [-0.25, -0.2) is 19.0 Å². The number of ether oxygens (including phenoxy) is 2. The summed E-state index contributed by atoms with van der Waals surface area (Å²) in [6.07, 6.45) is 4.68. The first-order chi connectivity index (χ1) is 22.2. The monoisotopic (exact) mass is 705 g/mol. The summed E-state index contributed by atoms with van der Waals surface area (Å²) in [4.78, 5) is 26.4. The highest BCUT2D eigenvalue weighted by molar-refractivity contribution is 9.08. The highest BCUT2D eigenvalue weighted by Gasteiger charge is 2.44. The number of alkyl halides is 1. The number of aromatic nitrogens is 6. The van der Waals surface area contributed by atoms with Gasteiger partial charge in [0.1, 0.15) is 11.2 Å². The fourth-order valence-electron chi connectivity index (χ4n) is 5.34. The maximum Gasteiger partial charge on any atom is 0.361 e. The smallest absolute Gasteiger partial charge is 0.361 e. The summed E-state index contributed by atoms with van der Waals surface area (Å²) in [5.74, 6) is 1.05. The number of hydrogen-bond donors (Lipinski definition) is 0. The molecule has 4 aromatic rings. The Hall–Kier alpha value is -3.90. The minimum absolute atomic E-state index is 0.224. The molecule has 2 fully saturated rings. The van der Waals surface area contributed by atoms with Crippen molar-refractivity contribution < 1.29 is 19.1 Å². The molecule has 0 radical (unpaired) electrons. The molecule has 12 heteroatoms. The third-order valence-corrected chi connectivity index (χ3v) is 8.29. The molecule has 47 heavy (non-hydrogen) atoms. The van der Waals surface area contributed by atoms with Gasteiger partial charge in [0.25, 0.3) is 0 Å². The third-order valence-electron chi connectivity index (χ3n) is 7.64. The lowest BCUT2D eigenvalue weighted by atomic mass is 10.1. The summed E-state index contributed by atoms with van der Waals surface area (Å²) in [7, 11) is 0. The molecule has 11 nitrogen and oxygen atoms in total. The Bertz CT molecular complexity index is 1640. The van der Waals surface area contributed by atoms with E-state index in [1.807, 2.05) is 53.7 Å². The van der Waals surface area contributed by atoms with Crippen molar-refractivity contribution in [3.05, 3.63) is 94.6 Å². The summed E-state index contributed by atoms with van der Waals surface area (Å²) < 4.78 is 13.9. The largest absolute Gasteiger partial charge is 0.455 e. The van der Waals surface area contributed by atoms with Crippen molar-refractivity contribution in [2.75, 3.05) is 13.1 Å². The van der Waals surface area contributed by atoms with E-state index in [4.69, 9.17) is 9.47 Å². The van der Waals surface area contributed by atoms with E-state index in [-0.39, 0.29) is 11.4 Å². The minimum atomic E-state index is -0.535. The molecule has 3 heterocycles. The molecule has 250 valence electrons. The number of benzene rings is 2. The van der Waals surface area contributed by atoms with Crippen molar-refractivity contribution in [2.24, 2.45) is 11.8 Å². The van der Waals surface area contributed by atoms with Crippen LogP contribution in [0.3, 0.4) is 0 Å². The number of carbonyl (C=O) groups is 2.